The minimum absolute atomic E-state index is 0.0230. The fraction of sp³-hybridized carbons (Fsp3) is 0.750. The summed E-state index contributed by atoms with van der Waals surface area (Å²) in [5.41, 5.74) is 6.15. The van der Waals surface area contributed by atoms with Gasteiger partial charge in [-0.1, -0.05) is 5.21 Å². The molecule has 6 nitrogen and oxygen atoms in total. The highest BCUT2D eigenvalue weighted by Crippen LogP contribution is 2.39. The van der Waals surface area contributed by atoms with Gasteiger partial charge in [-0.25, -0.2) is 9.48 Å². The Morgan fingerprint density at radius 2 is 2.00 bits per heavy atom. The molecule has 2 saturated carbocycles. The third-order valence-electron chi connectivity index (χ3n) is 3.82. The summed E-state index contributed by atoms with van der Waals surface area (Å²) >= 11 is 0. The van der Waals surface area contributed by atoms with Crippen LogP contribution in [-0.2, 0) is 4.74 Å². The first-order valence-corrected chi connectivity index (χ1v) is 6.60. The summed E-state index contributed by atoms with van der Waals surface area (Å²) in [5, 5.41) is 8.45. The number of aromatic nitrogens is 3. The number of hydrogen-bond donors (Lipinski definition) is 1. The molecule has 0 bridgehead atoms. The summed E-state index contributed by atoms with van der Waals surface area (Å²) in [6, 6.07) is 0.387. The summed E-state index contributed by atoms with van der Waals surface area (Å²) in [6.45, 7) is 0. The van der Waals surface area contributed by atoms with E-state index in [1.807, 2.05) is 4.68 Å². The van der Waals surface area contributed by atoms with Gasteiger partial charge in [0.2, 0.25) is 0 Å². The number of ether oxygens (including phenoxy) is 1. The molecular formula is C12H18N4O2. The van der Waals surface area contributed by atoms with Crippen molar-refractivity contribution in [2.75, 3.05) is 0 Å². The van der Waals surface area contributed by atoms with Gasteiger partial charge < -0.3 is 10.5 Å². The second-order valence-electron chi connectivity index (χ2n) is 5.27. The van der Waals surface area contributed by atoms with Crippen LogP contribution in [0.1, 0.15) is 56.2 Å². The number of rotatable bonds is 3. The standard InChI is InChI=1S/C12H18N4O2/c13-12(17)18-10-5-3-9(4-6-10)16-7-11(14-15-16)8-1-2-8/h7-10H,1-6H2,(H2,13,17)/t9-,10-. The van der Waals surface area contributed by atoms with Gasteiger partial charge in [0, 0.05) is 12.1 Å². The van der Waals surface area contributed by atoms with E-state index in [-0.39, 0.29) is 6.10 Å². The predicted molar refractivity (Wildman–Crippen MR) is 64.0 cm³/mol. The molecule has 0 saturated heterocycles. The van der Waals surface area contributed by atoms with Gasteiger partial charge in [0.1, 0.15) is 6.10 Å². The van der Waals surface area contributed by atoms with Crippen molar-refractivity contribution in [2.45, 2.75) is 56.6 Å². The Hall–Kier alpha value is -1.59. The van der Waals surface area contributed by atoms with Gasteiger partial charge in [0.15, 0.2) is 0 Å². The van der Waals surface area contributed by atoms with Crippen LogP contribution >= 0.6 is 0 Å². The molecule has 0 spiro atoms. The zero-order valence-corrected chi connectivity index (χ0v) is 10.3. The number of carbonyl (C=O) groups is 1. The molecule has 98 valence electrons. The summed E-state index contributed by atoms with van der Waals surface area (Å²) in [5.74, 6) is 0.647. The minimum Gasteiger partial charge on any atom is -0.446 e. The zero-order chi connectivity index (χ0) is 12.5. The van der Waals surface area contributed by atoms with Crippen LogP contribution in [0.5, 0.6) is 0 Å². The maximum Gasteiger partial charge on any atom is 0.404 e. The number of hydrogen-bond acceptors (Lipinski definition) is 4. The highest BCUT2D eigenvalue weighted by atomic mass is 16.6. The van der Waals surface area contributed by atoms with Crippen LogP contribution in [0.2, 0.25) is 0 Å². The molecule has 3 rings (SSSR count). The Bertz CT molecular complexity index is 433. The summed E-state index contributed by atoms with van der Waals surface area (Å²) in [7, 11) is 0. The third-order valence-corrected chi connectivity index (χ3v) is 3.82. The Kier molecular flexibility index (Phi) is 2.93. The van der Waals surface area contributed by atoms with Crippen molar-refractivity contribution in [1.82, 2.24) is 15.0 Å². The first kappa shape index (κ1) is 11.5. The molecule has 1 aromatic heterocycles. The lowest BCUT2D eigenvalue weighted by molar-refractivity contribution is 0.0706. The molecule has 0 unspecified atom stereocenters. The molecule has 18 heavy (non-hydrogen) atoms. The van der Waals surface area contributed by atoms with Crippen molar-refractivity contribution in [3.63, 3.8) is 0 Å². The molecule has 2 aliphatic rings. The van der Waals surface area contributed by atoms with Crippen LogP contribution < -0.4 is 5.73 Å². The Morgan fingerprint density at radius 1 is 1.28 bits per heavy atom. The van der Waals surface area contributed by atoms with Crippen molar-refractivity contribution in [3.8, 4) is 0 Å². The molecule has 0 aliphatic heterocycles. The van der Waals surface area contributed by atoms with Crippen molar-refractivity contribution >= 4 is 6.09 Å². The average Bonchev–Trinajstić information content (AvgIpc) is 3.08. The van der Waals surface area contributed by atoms with Gasteiger partial charge in [-0.2, -0.15) is 0 Å². The van der Waals surface area contributed by atoms with Crippen LogP contribution in [0.15, 0.2) is 6.20 Å². The molecule has 2 aliphatic carbocycles. The summed E-state index contributed by atoms with van der Waals surface area (Å²) < 4.78 is 7.00. The van der Waals surface area contributed by atoms with E-state index in [1.54, 1.807) is 0 Å². The first-order chi connectivity index (χ1) is 8.72. The maximum absolute atomic E-state index is 10.7. The monoisotopic (exact) mass is 250 g/mol. The van der Waals surface area contributed by atoms with E-state index in [0.29, 0.717) is 12.0 Å². The average molecular weight is 250 g/mol. The van der Waals surface area contributed by atoms with Crippen molar-refractivity contribution < 1.29 is 9.53 Å². The molecule has 2 N–H and O–H groups in total. The molecule has 2 fully saturated rings. The fourth-order valence-electron chi connectivity index (χ4n) is 2.63. The van der Waals surface area contributed by atoms with Gasteiger partial charge in [0.25, 0.3) is 0 Å². The summed E-state index contributed by atoms with van der Waals surface area (Å²) in [6.07, 6.45) is 7.52. The van der Waals surface area contributed by atoms with E-state index < -0.39 is 6.09 Å². The van der Waals surface area contributed by atoms with Gasteiger partial charge >= 0.3 is 6.09 Å². The van der Waals surface area contributed by atoms with E-state index in [2.05, 4.69) is 16.5 Å². The van der Waals surface area contributed by atoms with Crippen molar-refractivity contribution in [1.29, 1.82) is 0 Å². The topological polar surface area (TPSA) is 83.0 Å². The van der Waals surface area contributed by atoms with E-state index in [9.17, 15) is 4.79 Å². The first-order valence-electron chi connectivity index (χ1n) is 6.60. The number of primary amides is 1. The van der Waals surface area contributed by atoms with Crippen LogP contribution in [0, 0.1) is 0 Å². The molecule has 1 heterocycles. The Morgan fingerprint density at radius 3 is 2.61 bits per heavy atom. The molecule has 1 aromatic rings. The largest absolute Gasteiger partial charge is 0.446 e. The highest BCUT2D eigenvalue weighted by Gasteiger charge is 2.29. The molecule has 0 radical (unpaired) electrons. The lowest BCUT2D eigenvalue weighted by Gasteiger charge is -2.27. The van der Waals surface area contributed by atoms with E-state index >= 15 is 0 Å². The highest BCUT2D eigenvalue weighted by molar-refractivity contribution is 5.64. The van der Waals surface area contributed by atoms with Gasteiger partial charge in [-0.05, 0) is 38.5 Å². The molecule has 1 amide bonds. The fourth-order valence-corrected chi connectivity index (χ4v) is 2.63. The zero-order valence-electron chi connectivity index (χ0n) is 10.3. The number of nitrogens with two attached hydrogens (primary N) is 1. The lowest BCUT2D eigenvalue weighted by Crippen LogP contribution is -2.28. The minimum atomic E-state index is -0.671. The number of carbonyl (C=O) groups excluding carboxylic acids is 1. The SMILES string of the molecule is NC(=O)O[C@H]1CC[C@H](n2cc(C3CC3)nn2)CC1. The number of nitrogens with zero attached hydrogens (tertiary/aromatic N) is 3. The second-order valence-corrected chi connectivity index (χ2v) is 5.27. The normalized spacial score (nSPS) is 28.0. The van der Waals surface area contributed by atoms with E-state index in [0.717, 1.165) is 31.4 Å². The van der Waals surface area contributed by atoms with Crippen LogP contribution in [0.4, 0.5) is 4.79 Å². The van der Waals surface area contributed by atoms with Gasteiger partial charge in [0.05, 0.1) is 11.7 Å². The summed E-state index contributed by atoms with van der Waals surface area (Å²) in [4.78, 5) is 10.7. The maximum atomic E-state index is 10.7. The molecular weight excluding hydrogens is 232 g/mol. The lowest BCUT2D eigenvalue weighted by atomic mass is 9.93. The van der Waals surface area contributed by atoms with Gasteiger partial charge in [-0.3, -0.25) is 0 Å². The second kappa shape index (κ2) is 4.59. The van der Waals surface area contributed by atoms with Crippen LogP contribution in [-0.4, -0.2) is 27.2 Å². The smallest absolute Gasteiger partial charge is 0.404 e. The predicted octanol–water partition coefficient (Wildman–Crippen LogP) is 1.73. The van der Waals surface area contributed by atoms with Crippen LogP contribution in [0.25, 0.3) is 0 Å². The van der Waals surface area contributed by atoms with Crippen molar-refractivity contribution in [3.05, 3.63) is 11.9 Å². The molecule has 0 atom stereocenters. The Balaban J connectivity index is 1.56. The van der Waals surface area contributed by atoms with E-state index in [4.69, 9.17) is 10.5 Å². The van der Waals surface area contributed by atoms with Gasteiger partial charge in [-0.15, -0.1) is 5.10 Å². The van der Waals surface area contributed by atoms with E-state index in [1.165, 1.54) is 12.8 Å². The van der Waals surface area contributed by atoms with Crippen LogP contribution in [0.3, 0.4) is 0 Å². The number of amides is 1. The third kappa shape index (κ3) is 2.47. The quantitative estimate of drug-likeness (QED) is 0.885. The molecule has 0 aromatic carbocycles. The molecule has 6 heteroatoms. The Labute approximate surface area is 105 Å². The van der Waals surface area contributed by atoms with Crippen molar-refractivity contribution in [2.24, 2.45) is 5.73 Å².